The van der Waals surface area contributed by atoms with E-state index >= 15 is 0 Å². The van der Waals surface area contributed by atoms with Crippen molar-refractivity contribution in [1.29, 1.82) is 0 Å². The Labute approximate surface area is 172 Å². The molecule has 0 bridgehead atoms. The molecule has 1 aromatic rings. The molecule has 1 rings (SSSR count). The Morgan fingerprint density at radius 1 is 1.21 bits per heavy atom. The summed E-state index contributed by atoms with van der Waals surface area (Å²) in [5, 5.41) is 5.01. The van der Waals surface area contributed by atoms with Gasteiger partial charge in [-0.2, -0.15) is 0 Å². The van der Waals surface area contributed by atoms with Crippen molar-refractivity contribution in [1.82, 2.24) is 10.6 Å². The smallest absolute Gasteiger partial charge is 0.433 e. The van der Waals surface area contributed by atoms with Crippen LogP contribution in [0.25, 0.3) is 0 Å². The number of alkyl halides is 3. The van der Waals surface area contributed by atoms with Crippen molar-refractivity contribution in [2.75, 3.05) is 33.1 Å². The van der Waals surface area contributed by atoms with Crippen molar-refractivity contribution in [2.24, 2.45) is 0 Å². The normalized spacial score (nSPS) is 13.6. The fraction of sp³-hybridized carbons (Fsp3) is 0.500. The molecule has 0 heterocycles. The minimum atomic E-state index is -3.46. The molecular weight excluding hydrogens is 438 g/mol. The Hall–Kier alpha value is -1.62. The first kappa shape index (κ1) is 24.4. The first-order valence-corrected chi connectivity index (χ1v) is 10.8. The summed E-state index contributed by atoms with van der Waals surface area (Å²) in [4.78, 5) is 22.2. The first-order valence-electron chi connectivity index (χ1n) is 8.02. The van der Waals surface area contributed by atoms with Gasteiger partial charge in [0, 0.05) is 12.8 Å². The Kier molecular flexibility index (Phi) is 9.94. The van der Waals surface area contributed by atoms with Crippen LogP contribution in [0, 0.1) is 0 Å². The molecule has 0 unspecified atom stereocenters. The fourth-order valence-electron chi connectivity index (χ4n) is 2.10. The number of carbonyl (C=O) groups is 2. The van der Waals surface area contributed by atoms with Crippen molar-refractivity contribution in [3.8, 4) is 0 Å². The highest BCUT2D eigenvalue weighted by Gasteiger charge is 2.31. The van der Waals surface area contributed by atoms with E-state index < -0.39 is 45.6 Å². The van der Waals surface area contributed by atoms with Crippen molar-refractivity contribution in [3.63, 3.8) is 0 Å². The summed E-state index contributed by atoms with van der Waals surface area (Å²) in [7, 11) is -1.80. The van der Waals surface area contributed by atoms with Crippen LogP contribution in [-0.4, -0.2) is 64.5 Å². The summed E-state index contributed by atoms with van der Waals surface area (Å²) in [6, 6.07) is 3.91. The molecule has 1 aromatic carbocycles. The standard InChI is InChI=1S/C16H21Cl2FN2O6S/c1-20-7-8-26-16(23)27-13(12(9-19)21-15(22)14(17)18)10-3-5-11(6-4-10)28(2,24)25/h3-6,12-14,20H,7-9H2,1-2H3,(H,21,22)/t12-,13-/m1/s1. The third-order valence-corrected chi connectivity index (χ3v) is 5.01. The topological polar surface area (TPSA) is 111 Å². The van der Waals surface area contributed by atoms with Gasteiger partial charge in [0.05, 0.1) is 10.9 Å². The Balaban J connectivity index is 3.11. The fourth-order valence-corrected chi connectivity index (χ4v) is 2.86. The number of sulfone groups is 1. The monoisotopic (exact) mass is 458 g/mol. The van der Waals surface area contributed by atoms with E-state index in [4.69, 9.17) is 32.7 Å². The lowest BCUT2D eigenvalue weighted by molar-refractivity contribution is -0.121. The van der Waals surface area contributed by atoms with E-state index in [2.05, 4.69) is 10.6 Å². The number of ether oxygens (including phenoxy) is 2. The maximum atomic E-state index is 13.6. The number of likely N-dealkylation sites (N-methyl/N-ethyl adjacent to an activating group) is 1. The van der Waals surface area contributed by atoms with Gasteiger partial charge in [0.2, 0.25) is 0 Å². The second kappa shape index (κ2) is 11.4. The molecule has 2 atom stereocenters. The van der Waals surface area contributed by atoms with Crippen molar-refractivity contribution in [3.05, 3.63) is 29.8 Å². The lowest BCUT2D eigenvalue weighted by atomic mass is 10.0. The number of hydrogen-bond acceptors (Lipinski definition) is 7. The van der Waals surface area contributed by atoms with Gasteiger partial charge in [0.25, 0.3) is 5.91 Å². The summed E-state index contributed by atoms with van der Waals surface area (Å²) >= 11 is 10.9. The molecule has 0 aliphatic carbocycles. The van der Waals surface area contributed by atoms with Crippen LogP contribution in [0.5, 0.6) is 0 Å². The third kappa shape index (κ3) is 7.78. The Morgan fingerprint density at radius 2 is 1.82 bits per heavy atom. The maximum absolute atomic E-state index is 13.6. The molecule has 0 aliphatic rings. The average molecular weight is 459 g/mol. The number of nitrogens with one attached hydrogen (secondary N) is 2. The predicted molar refractivity (Wildman–Crippen MR) is 102 cm³/mol. The molecule has 0 radical (unpaired) electrons. The molecule has 0 fully saturated rings. The number of amides is 1. The SMILES string of the molecule is CNCCOC(=O)O[C@H](c1ccc(S(C)(=O)=O)cc1)[C@@H](CF)NC(=O)C(Cl)Cl. The van der Waals surface area contributed by atoms with E-state index in [-0.39, 0.29) is 17.1 Å². The molecular formula is C16H21Cl2FN2O6S. The van der Waals surface area contributed by atoms with Crippen LogP contribution in [-0.2, 0) is 24.1 Å². The maximum Gasteiger partial charge on any atom is 0.509 e. The quantitative estimate of drug-likeness (QED) is 0.312. The van der Waals surface area contributed by atoms with E-state index in [1.54, 1.807) is 7.05 Å². The van der Waals surface area contributed by atoms with E-state index in [0.29, 0.717) is 6.54 Å². The van der Waals surface area contributed by atoms with E-state index in [0.717, 1.165) is 6.26 Å². The van der Waals surface area contributed by atoms with Crippen LogP contribution in [0.4, 0.5) is 9.18 Å². The highest BCUT2D eigenvalue weighted by molar-refractivity contribution is 7.90. The third-order valence-electron chi connectivity index (χ3n) is 3.49. The molecule has 0 aliphatic heterocycles. The molecule has 0 aromatic heterocycles. The molecule has 12 heteroatoms. The molecule has 0 spiro atoms. The second-order valence-electron chi connectivity index (χ2n) is 5.65. The zero-order chi connectivity index (χ0) is 21.3. The van der Waals surface area contributed by atoms with Gasteiger partial charge in [0.15, 0.2) is 20.8 Å². The van der Waals surface area contributed by atoms with Crippen LogP contribution in [0.2, 0.25) is 0 Å². The van der Waals surface area contributed by atoms with Crippen LogP contribution in [0.3, 0.4) is 0 Å². The lowest BCUT2D eigenvalue weighted by Crippen LogP contribution is -2.44. The first-order chi connectivity index (χ1) is 13.1. The largest absolute Gasteiger partial charge is 0.509 e. The molecule has 0 saturated carbocycles. The van der Waals surface area contributed by atoms with Gasteiger partial charge in [0.1, 0.15) is 13.3 Å². The molecule has 2 N–H and O–H groups in total. The molecule has 1 amide bonds. The number of benzene rings is 1. The van der Waals surface area contributed by atoms with Gasteiger partial charge in [-0.25, -0.2) is 17.6 Å². The highest BCUT2D eigenvalue weighted by Crippen LogP contribution is 2.25. The average Bonchev–Trinajstić information content (AvgIpc) is 2.63. The van der Waals surface area contributed by atoms with Crippen molar-refractivity contribution in [2.45, 2.75) is 21.9 Å². The number of hydrogen-bond donors (Lipinski definition) is 2. The Morgan fingerprint density at radius 3 is 2.29 bits per heavy atom. The lowest BCUT2D eigenvalue weighted by Gasteiger charge is -2.26. The van der Waals surface area contributed by atoms with Crippen LogP contribution in [0.15, 0.2) is 29.2 Å². The van der Waals surface area contributed by atoms with Gasteiger partial charge >= 0.3 is 6.16 Å². The zero-order valence-electron chi connectivity index (χ0n) is 15.2. The number of rotatable bonds is 10. The summed E-state index contributed by atoms with van der Waals surface area (Å²) in [6.45, 7) is -0.742. The van der Waals surface area contributed by atoms with Gasteiger partial charge in [-0.1, -0.05) is 35.3 Å². The van der Waals surface area contributed by atoms with Crippen LogP contribution >= 0.6 is 23.2 Å². The van der Waals surface area contributed by atoms with Gasteiger partial charge in [-0.05, 0) is 24.7 Å². The van der Waals surface area contributed by atoms with E-state index in [9.17, 15) is 22.4 Å². The Bertz CT molecular complexity index is 761. The summed E-state index contributed by atoms with van der Waals surface area (Å²) < 4.78 is 46.8. The highest BCUT2D eigenvalue weighted by atomic mass is 35.5. The molecule has 158 valence electrons. The summed E-state index contributed by atoms with van der Waals surface area (Å²) in [5.41, 5.74) is 0.238. The second-order valence-corrected chi connectivity index (χ2v) is 8.76. The van der Waals surface area contributed by atoms with E-state index in [1.165, 1.54) is 24.3 Å². The number of halogens is 3. The zero-order valence-corrected chi connectivity index (χ0v) is 17.5. The van der Waals surface area contributed by atoms with Gasteiger partial charge in [-0.15, -0.1) is 0 Å². The summed E-state index contributed by atoms with van der Waals surface area (Å²) in [6.07, 6.45) is -1.37. The summed E-state index contributed by atoms with van der Waals surface area (Å²) in [5.74, 6) is -0.879. The van der Waals surface area contributed by atoms with E-state index in [1.807, 2.05) is 0 Å². The minimum Gasteiger partial charge on any atom is -0.433 e. The van der Waals surface area contributed by atoms with Gasteiger partial charge < -0.3 is 20.1 Å². The molecule has 28 heavy (non-hydrogen) atoms. The van der Waals surface area contributed by atoms with Crippen molar-refractivity contribution >= 4 is 45.1 Å². The van der Waals surface area contributed by atoms with Gasteiger partial charge in [-0.3, -0.25) is 4.79 Å². The number of carbonyl (C=O) groups excluding carboxylic acids is 2. The molecule has 0 saturated heterocycles. The van der Waals surface area contributed by atoms with Crippen LogP contribution in [0.1, 0.15) is 11.7 Å². The molecule has 8 nitrogen and oxygen atoms in total. The predicted octanol–water partition coefficient (Wildman–Crippen LogP) is 1.76. The van der Waals surface area contributed by atoms with Crippen molar-refractivity contribution < 1.29 is 31.9 Å². The van der Waals surface area contributed by atoms with Crippen LogP contribution < -0.4 is 10.6 Å². The minimum absolute atomic E-state index is 0.00710.